The normalized spacial score (nSPS) is 13.4. The molecule has 0 unspecified atom stereocenters. The average Bonchev–Trinajstić information content (AvgIpc) is 2.69. The zero-order valence-electron chi connectivity index (χ0n) is 17.6. The van der Waals surface area contributed by atoms with Crippen LogP contribution in [0.25, 0.3) is 0 Å². The number of nitrogens with one attached hydrogen (secondary N) is 1. The van der Waals surface area contributed by atoms with Crippen molar-refractivity contribution < 1.29 is 9.47 Å². The number of fused-ring (bicyclic) bond motifs is 1. The summed E-state index contributed by atoms with van der Waals surface area (Å²) in [4.78, 5) is 13.8. The van der Waals surface area contributed by atoms with Crippen molar-refractivity contribution in [3.05, 3.63) is 35.0 Å². The fraction of sp³-hybridized carbons (Fsp3) is 0.524. The van der Waals surface area contributed by atoms with Crippen molar-refractivity contribution in [2.24, 2.45) is 0 Å². The maximum atomic E-state index is 5.47. The summed E-state index contributed by atoms with van der Waals surface area (Å²) in [6.07, 6.45) is 2.00. The molecule has 0 amide bonds. The molecule has 0 aliphatic carbocycles. The molecule has 0 saturated carbocycles. The Bertz CT molecular complexity index is 810. The minimum absolute atomic E-state index is 0.701. The fourth-order valence-corrected chi connectivity index (χ4v) is 3.47. The van der Waals surface area contributed by atoms with Gasteiger partial charge >= 0.3 is 0 Å². The minimum Gasteiger partial charge on any atom is -0.493 e. The van der Waals surface area contributed by atoms with Crippen LogP contribution in [0.1, 0.15) is 23.2 Å². The number of hydrogen-bond donors (Lipinski definition) is 1. The Hall–Kier alpha value is -2.54. The topological polar surface area (TPSA) is 62.8 Å². The molecule has 7 nitrogen and oxygen atoms in total. The number of hydrogen-bond acceptors (Lipinski definition) is 7. The Kier molecular flexibility index (Phi) is 6.57. The first-order valence-corrected chi connectivity index (χ1v) is 9.73. The molecule has 1 N–H and O–H groups in total. The molecule has 1 aromatic heterocycles. The molecule has 2 aromatic rings. The average molecular weight is 386 g/mol. The van der Waals surface area contributed by atoms with Gasteiger partial charge in [0.1, 0.15) is 5.82 Å². The lowest BCUT2D eigenvalue weighted by atomic mass is 9.99. The fourth-order valence-electron chi connectivity index (χ4n) is 3.47. The first-order valence-electron chi connectivity index (χ1n) is 9.73. The molecule has 2 heterocycles. The molecule has 0 bridgehead atoms. The number of ether oxygens (including phenoxy) is 2. The van der Waals surface area contributed by atoms with Crippen LogP contribution in [0.5, 0.6) is 11.5 Å². The van der Waals surface area contributed by atoms with Gasteiger partial charge < -0.3 is 24.6 Å². The van der Waals surface area contributed by atoms with Crippen molar-refractivity contribution in [3.63, 3.8) is 0 Å². The van der Waals surface area contributed by atoms with Gasteiger partial charge in [-0.05, 0) is 63.7 Å². The Morgan fingerprint density at radius 3 is 2.46 bits per heavy atom. The van der Waals surface area contributed by atoms with Crippen LogP contribution in [0.3, 0.4) is 0 Å². The summed E-state index contributed by atoms with van der Waals surface area (Å²) in [7, 11) is 7.52. The smallest absolute Gasteiger partial charge is 0.224 e. The van der Waals surface area contributed by atoms with Crippen LogP contribution in [-0.2, 0) is 13.0 Å². The molecule has 1 aromatic carbocycles. The summed E-state index contributed by atoms with van der Waals surface area (Å²) in [6, 6.07) is 6.22. The molecular formula is C21H31N5O2. The zero-order valence-corrected chi connectivity index (χ0v) is 17.6. The number of nitrogens with zero attached hydrogens (tertiary/aromatic N) is 4. The molecule has 7 heteroatoms. The van der Waals surface area contributed by atoms with Gasteiger partial charge in [-0.2, -0.15) is 4.98 Å². The highest BCUT2D eigenvalue weighted by atomic mass is 16.5. The number of methoxy groups -OCH3 is 2. The summed E-state index contributed by atoms with van der Waals surface area (Å²) in [6.45, 7) is 5.63. The molecule has 1 aliphatic heterocycles. The van der Waals surface area contributed by atoms with Crippen molar-refractivity contribution >= 4 is 11.8 Å². The lowest BCUT2D eigenvalue weighted by Gasteiger charge is -2.30. The maximum absolute atomic E-state index is 5.47. The van der Waals surface area contributed by atoms with Crippen LogP contribution in [-0.4, -0.2) is 62.8 Å². The lowest BCUT2D eigenvalue weighted by molar-refractivity contribution is 0.353. The van der Waals surface area contributed by atoms with E-state index < -0.39 is 0 Å². The molecule has 0 fully saturated rings. The van der Waals surface area contributed by atoms with Crippen molar-refractivity contribution in [1.29, 1.82) is 0 Å². The predicted octanol–water partition coefficient (Wildman–Crippen LogP) is 2.73. The predicted molar refractivity (Wildman–Crippen MR) is 113 cm³/mol. The van der Waals surface area contributed by atoms with E-state index in [-0.39, 0.29) is 0 Å². The SMILES string of the molecule is COc1cc2c(cc1OC)CN(c1cc(C)nc(NCCCN(C)C)n1)CC2. The van der Waals surface area contributed by atoms with E-state index in [4.69, 9.17) is 14.5 Å². The van der Waals surface area contributed by atoms with E-state index in [0.29, 0.717) is 5.95 Å². The van der Waals surface area contributed by atoms with Gasteiger partial charge in [0.05, 0.1) is 14.2 Å². The van der Waals surface area contributed by atoms with Crippen LogP contribution < -0.4 is 19.7 Å². The summed E-state index contributed by atoms with van der Waals surface area (Å²) < 4.78 is 10.9. The molecule has 28 heavy (non-hydrogen) atoms. The largest absolute Gasteiger partial charge is 0.493 e. The Balaban J connectivity index is 1.74. The van der Waals surface area contributed by atoms with Gasteiger partial charge in [-0.25, -0.2) is 4.98 Å². The van der Waals surface area contributed by atoms with E-state index in [9.17, 15) is 0 Å². The minimum atomic E-state index is 0.701. The van der Waals surface area contributed by atoms with Crippen molar-refractivity contribution in [1.82, 2.24) is 14.9 Å². The van der Waals surface area contributed by atoms with E-state index in [1.807, 2.05) is 6.92 Å². The Labute approximate surface area is 167 Å². The third kappa shape index (κ3) is 4.84. The van der Waals surface area contributed by atoms with E-state index in [1.165, 1.54) is 11.1 Å². The second kappa shape index (κ2) is 9.10. The first-order chi connectivity index (χ1) is 13.5. The van der Waals surface area contributed by atoms with Gasteiger partial charge in [0.15, 0.2) is 11.5 Å². The molecular weight excluding hydrogens is 354 g/mol. The zero-order chi connectivity index (χ0) is 20.1. The first kappa shape index (κ1) is 20.2. The summed E-state index contributed by atoms with van der Waals surface area (Å²) in [5, 5.41) is 3.36. The number of benzene rings is 1. The van der Waals surface area contributed by atoms with E-state index in [2.05, 4.69) is 52.4 Å². The van der Waals surface area contributed by atoms with Gasteiger partial charge in [-0.15, -0.1) is 0 Å². The summed E-state index contributed by atoms with van der Waals surface area (Å²) in [5.41, 5.74) is 3.53. The molecule has 3 rings (SSSR count). The third-order valence-corrected chi connectivity index (χ3v) is 4.95. The number of aromatic nitrogens is 2. The highest BCUT2D eigenvalue weighted by Gasteiger charge is 2.21. The van der Waals surface area contributed by atoms with Gasteiger partial charge in [0.2, 0.25) is 5.95 Å². The molecule has 1 aliphatic rings. The van der Waals surface area contributed by atoms with E-state index in [0.717, 1.165) is 62.0 Å². The van der Waals surface area contributed by atoms with Crippen LogP contribution in [0.15, 0.2) is 18.2 Å². The number of aryl methyl sites for hydroxylation is 1. The summed E-state index contributed by atoms with van der Waals surface area (Å²) >= 11 is 0. The highest BCUT2D eigenvalue weighted by molar-refractivity contribution is 5.53. The molecule has 152 valence electrons. The molecule has 0 atom stereocenters. The van der Waals surface area contributed by atoms with E-state index >= 15 is 0 Å². The number of rotatable bonds is 8. The van der Waals surface area contributed by atoms with Crippen LogP contribution >= 0.6 is 0 Å². The standard InChI is InChI=1S/C21H31N5O2/c1-15-11-20(24-21(23-15)22-8-6-9-25(2)3)26-10-7-16-12-18(27-4)19(28-5)13-17(16)14-26/h11-13H,6-10,14H2,1-5H3,(H,22,23,24). The van der Waals surface area contributed by atoms with Crippen LogP contribution in [0.2, 0.25) is 0 Å². The third-order valence-electron chi connectivity index (χ3n) is 4.95. The van der Waals surface area contributed by atoms with Gasteiger partial charge in [0.25, 0.3) is 0 Å². The molecule has 0 radical (unpaired) electrons. The second-order valence-corrected chi connectivity index (χ2v) is 7.42. The van der Waals surface area contributed by atoms with Crippen molar-refractivity contribution in [2.75, 3.05) is 58.2 Å². The quantitative estimate of drug-likeness (QED) is 0.701. The van der Waals surface area contributed by atoms with Gasteiger partial charge in [-0.3, -0.25) is 0 Å². The van der Waals surface area contributed by atoms with Crippen molar-refractivity contribution in [3.8, 4) is 11.5 Å². The summed E-state index contributed by atoms with van der Waals surface area (Å²) in [5.74, 6) is 3.22. The molecule has 0 spiro atoms. The monoisotopic (exact) mass is 385 g/mol. The lowest BCUT2D eigenvalue weighted by Crippen LogP contribution is -2.31. The second-order valence-electron chi connectivity index (χ2n) is 7.42. The Morgan fingerprint density at radius 1 is 1.07 bits per heavy atom. The van der Waals surface area contributed by atoms with Gasteiger partial charge in [0, 0.05) is 31.4 Å². The number of anilines is 2. The molecule has 0 saturated heterocycles. The van der Waals surface area contributed by atoms with Crippen molar-refractivity contribution in [2.45, 2.75) is 26.3 Å². The van der Waals surface area contributed by atoms with Crippen LogP contribution in [0.4, 0.5) is 11.8 Å². The highest BCUT2D eigenvalue weighted by Crippen LogP contribution is 2.34. The van der Waals surface area contributed by atoms with Gasteiger partial charge in [-0.1, -0.05) is 0 Å². The maximum Gasteiger partial charge on any atom is 0.224 e. The van der Waals surface area contributed by atoms with Crippen LogP contribution in [0, 0.1) is 6.92 Å². The van der Waals surface area contributed by atoms with E-state index in [1.54, 1.807) is 14.2 Å². The Morgan fingerprint density at radius 2 is 1.79 bits per heavy atom.